The summed E-state index contributed by atoms with van der Waals surface area (Å²) in [4.78, 5) is 23.7. The van der Waals surface area contributed by atoms with Crippen molar-refractivity contribution in [3.05, 3.63) is 48.5 Å². The molecule has 168 valence electrons. The number of hydrogen-bond acceptors (Lipinski definition) is 8. The fourth-order valence-electron chi connectivity index (χ4n) is 2.31. The molecule has 0 saturated heterocycles. The largest absolute Gasteiger partial charge is 0.497 e. The lowest BCUT2D eigenvalue weighted by Gasteiger charge is -2.14. The van der Waals surface area contributed by atoms with Gasteiger partial charge < -0.3 is 14.8 Å². The van der Waals surface area contributed by atoms with E-state index in [1.165, 1.54) is 56.5 Å². The summed E-state index contributed by atoms with van der Waals surface area (Å²) in [7, 11) is -6.52. The molecule has 13 heteroatoms. The van der Waals surface area contributed by atoms with E-state index in [-0.39, 0.29) is 15.5 Å². The summed E-state index contributed by atoms with van der Waals surface area (Å²) in [6.45, 7) is 0.546. The van der Waals surface area contributed by atoms with Crippen molar-refractivity contribution >= 4 is 37.6 Å². The molecule has 2 aromatic carbocycles. The number of rotatable bonds is 9. The maximum Gasteiger partial charge on any atom is 0.324 e. The Hall–Kier alpha value is -3.00. The van der Waals surface area contributed by atoms with Gasteiger partial charge in [-0.25, -0.2) is 22.0 Å². The summed E-state index contributed by atoms with van der Waals surface area (Å²) in [6, 6.07) is 9.43. The zero-order chi connectivity index (χ0) is 23.2. The zero-order valence-corrected chi connectivity index (χ0v) is 18.2. The Morgan fingerprint density at radius 3 is 2.26 bits per heavy atom. The number of carbonyl (C=O) groups is 2. The first-order valence-electron chi connectivity index (χ1n) is 8.68. The molecule has 0 saturated carbocycles. The van der Waals surface area contributed by atoms with Crippen molar-refractivity contribution in [3.63, 3.8) is 0 Å². The van der Waals surface area contributed by atoms with Crippen LogP contribution in [0.2, 0.25) is 0 Å². The Bertz CT molecular complexity index is 1160. The quantitative estimate of drug-likeness (QED) is 0.435. The molecule has 0 fully saturated rings. The number of sulfonamides is 2. The van der Waals surface area contributed by atoms with Crippen molar-refractivity contribution in [2.45, 2.75) is 22.8 Å². The van der Waals surface area contributed by atoms with Gasteiger partial charge in [-0.2, -0.15) is 4.72 Å². The summed E-state index contributed by atoms with van der Waals surface area (Å²) in [6.07, 6.45) is 0. The number of methoxy groups -OCH3 is 1. The molecule has 0 aliphatic rings. The predicted molar refractivity (Wildman–Crippen MR) is 110 cm³/mol. The highest BCUT2D eigenvalue weighted by Gasteiger charge is 2.24. The Morgan fingerprint density at radius 2 is 1.68 bits per heavy atom. The SMILES string of the molecule is COc1ccc(S(=O)(=O)N[C@@H](C)C(=O)OCC(=O)Nc2cccc(S(N)(=O)=O)c2)cc1. The van der Waals surface area contributed by atoms with Crippen LogP contribution in [-0.4, -0.2) is 48.5 Å². The van der Waals surface area contributed by atoms with Gasteiger partial charge >= 0.3 is 5.97 Å². The molecule has 2 aromatic rings. The molecular weight excluding hydrogens is 450 g/mol. The topological polar surface area (TPSA) is 171 Å². The predicted octanol–water partition coefficient (Wildman–Crippen LogP) is 0.191. The third-order valence-corrected chi connectivity index (χ3v) is 6.31. The van der Waals surface area contributed by atoms with E-state index in [9.17, 15) is 26.4 Å². The molecule has 4 N–H and O–H groups in total. The highest BCUT2D eigenvalue weighted by molar-refractivity contribution is 7.89. The first-order valence-corrected chi connectivity index (χ1v) is 11.7. The van der Waals surface area contributed by atoms with Crippen LogP contribution in [0.5, 0.6) is 5.75 Å². The Labute approximate surface area is 179 Å². The fraction of sp³-hybridized carbons (Fsp3) is 0.222. The van der Waals surface area contributed by atoms with E-state index in [2.05, 4.69) is 10.0 Å². The van der Waals surface area contributed by atoms with Gasteiger partial charge in [0.2, 0.25) is 20.0 Å². The van der Waals surface area contributed by atoms with E-state index in [1.54, 1.807) is 0 Å². The van der Waals surface area contributed by atoms with Crippen molar-refractivity contribution in [1.82, 2.24) is 4.72 Å². The van der Waals surface area contributed by atoms with Gasteiger partial charge in [-0.05, 0) is 49.4 Å². The standard InChI is InChI=1S/C18H21N3O8S2/c1-12(21-31(26,27)15-8-6-14(28-2)7-9-15)18(23)29-11-17(22)20-13-4-3-5-16(10-13)30(19,24)25/h3-10,12,21H,11H2,1-2H3,(H,20,22)(H2,19,24,25)/t12-/m0/s1. The Balaban J connectivity index is 1.92. The highest BCUT2D eigenvalue weighted by Crippen LogP contribution is 2.16. The van der Waals surface area contributed by atoms with Crippen LogP contribution in [0.15, 0.2) is 58.3 Å². The first-order chi connectivity index (χ1) is 14.4. The van der Waals surface area contributed by atoms with Gasteiger partial charge in [-0.15, -0.1) is 0 Å². The van der Waals surface area contributed by atoms with Crippen LogP contribution in [-0.2, 0) is 34.4 Å². The second-order valence-electron chi connectivity index (χ2n) is 6.25. The smallest absolute Gasteiger partial charge is 0.324 e. The normalized spacial score (nSPS) is 12.6. The van der Waals surface area contributed by atoms with Gasteiger partial charge in [0.15, 0.2) is 6.61 Å². The number of hydrogen-bond donors (Lipinski definition) is 3. The minimum Gasteiger partial charge on any atom is -0.497 e. The number of ether oxygens (including phenoxy) is 2. The molecule has 0 heterocycles. The molecule has 0 bridgehead atoms. The van der Waals surface area contributed by atoms with Crippen molar-refractivity contribution in [2.24, 2.45) is 5.14 Å². The van der Waals surface area contributed by atoms with E-state index < -0.39 is 44.6 Å². The second kappa shape index (κ2) is 9.87. The third-order valence-electron chi connectivity index (χ3n) is 3.85. The minimum absolute atomic E-state index is 0.0829. The van der Waals surface area contributed by atoms with E-state index in [0.717, 1.165) is 6.07 Å². The number of nitrogens with one attached hydrogen (secondary N) is 2. The number of amides is 1. The molecule has 1 amide bonds. The molecule has 31 heavy (non-hydrogen) atoms. The van der Waals surface area contributed by atoms with Crippen molar-refractivity contribution in [2.75, 3.05) is 19.0 Å². The number of anilines is 1. The van der Waals surface area contributed by atoms with Gasteiger partial charge in [-0.1, -0.05) is 6.07 Å². The minimum atomic E-state index is -4.01. The van der Waals surface area contributed by atoms with Crippen LogP contribution in [0.3, 0.4) is 0 Å². The number of carbonyl (C=O) groups excluding carboxylic acids is 2. The third kappa shape index (κ3) is 7.03. The Kier molecular flexibility index (Phi) is 7.73. The van der Waals surface area contributed by atoms with Gasteiger partial charge in [0.1, 0.15) is 11.8 Å². The average molecular weight is 472 g/mol. The number of nitrogens with two attached hydrogens (primary N) is 1. The average Bonchev–Trinajstić information content (AvgIpc) is 2.71. The molecule has 0 radical (unpaired) electrons. The van der Waals surface area contributed by atoms with Crippen LogP contribution in [0.25, 0.3) is 0 Å². The number of esters is 1. The molecule has 1 atom stereocenters. The summed E-state index contributed by atoms with van der Waals surface area (Å²) in [5.41, 5.74) is 0.126. The van der Waals surface area contributed by atoms with Gasteiger partial charge in [0.25, 0.3) is 5.91 Å². The lowest BCUT2D eigenvalue weighted by atomic mass is 10.3. The number of primary sulfonamides is 1. The van der Waals surface area contributed by atoms with E-state index >= 15 is 0 Å². The zero-order valence-electron chi connectivity index (χ0n) is 16.6. The molecule has 11 nitrogen and oxygen atoms in total. The Morgan fingerprint density at radius 1 is 1.03 bits per heavy atom. The maximum atomic E-state index is 12.3. The number of benzene rings is 2. The maximum absolute atomic E-state index is 12.3. The lowest BCUT2D eigenvalue weighted by molar-refractivity contribution is -0.148. The molecule has 2 rings (SSSR count). The van der Waals surface area contributed by atoms with Crippen LogP contribution < -0.4 is 19.9 Å². The van der Waals surface area contributed by atoms with E-state index in [1.807, 2.05) is 0 Å². The van der Waals surface area contributed by atoms with Crippen molar-refractivity contribution in [1.29, 1.82) is 0 Å². The van der Waals surface area contributed by atoms with Crippen LogP contribution in [0.1, 0.15) is 6.92 Å². The highest BCUT2D eigenvalue weighted by atomic mass is 32.2. The summed E-state index contributed by atoms with van der Waals surface area (Å²) < 4.78 is 59.3. The molecule has 0 spiro atoms. The second-order valence-corrected chi connectivity index (χ2v) is 9.52. The molecular formula is C18H21N3O8S2. The van der Waals surface area contributed by atoms with Gasteiger partial charge in [-0.3, -0.25) is 9.59 Å². The van der Waals surface area contributed by atoms with Crippen LogP contribution in [0.4, 0.5) is 5.69 Å². The van der Waals surface area contributed by atoms with Gasteiger partial charge in [0.05, 0.1) is 16.9 Å². The summed E-state index contributed by atoms with van der Waals surface area (Å²) in [5, 5.41) is 7.37. The lowest BCUT2D eigenvalue weighted by Crippen LogP contribution is -2.40. The van der Waals surface area contributed by atoms with E-state index in [0.29, 0.717) is 5.75 Å². The van der Waals surface area contributed by atoms with Gasteiger partial charge in [0, 0.05) is 5.69 Å². The molecule has 0 unspecified atom stereocenters. The molecule has 0 aliphatic heterocycles. The monoisotopic (exact) mass is 471 g/mol. The first kappa shape index (κ1) is 24.3. The van der Waals surface area contributed by atoms with Crippen LogP contribution >= 0.6 is 0 Å². The molecule has 0 aromatic heterocycles. The fourth-order valence-corrected chi connectivity index (χ4v) is 4.06. The molecule has 0 aliphatic carbocycles. The van der Waals surface area contributed by atoms with Crippen molar-refractivity contribution in [3.8, 4) is 5.75 Å². The van der Waals surface area contributed by atoms with Crippen molar-refractivity contribution < 1.29 is 35.9 Å². The summed E-state index contributed by atoms with van der Waals surface area (Å²) >= 11 is 0. The van der Waals surface area contributed by atoms with E-state index in [4.69, 9.17) is 14.6 Å². The summed E-state index contributed by atoms with van der Waals surface area (Å²) in [5.74, 6) is -1.28. The van der Waals surface area contributed by atoms with Crippen LogP contribution in [0, 0.1) is 0 Å².